The Labute approximate surface area is 85.5 Å². The molecule has 50 valence electrons. The zero-order chi connectivity index (χ0) is 6.69. The molecule has 0 aliphatic rings. The molecule has 1 rings (SSSR count). The Hall–Kier alpha value is 0.170. The Kier molecular flexibility index (Phi) is 4.99. The van der Waals surface area contributed by atoms with E-state index >= 15 is 0 Å². The fraction of sp³-hybridized carbons (Fsp3) is 0.167. The zero-order valence-electron chi connectivity index (χ0n) is 4.96. The topological polar surface area (TPSA) is 26.3 Å². The van der Waals surface area contributed by atoms with E-state index < -0.39 is 0 Å². The van der Waals surface area contributed by atoms with E-state index in [1.54, 1.807) is 6.07 Å². The summed E-state index contributed by atoms with van der Waals surface area (Å²) >= 11 is 1.41. The molecule has 0 aliphatic heterocycles. The van der Waals surface area contributed by atoms with Gasteiger partial charge in [0.2, 0.25) is 0 Å². The molecule has 0 radical (unpaired) electrons. The fourth-order valence-corrected chi connectivity index (χ4v) is 1.08. The van der Waals surface area contributed by atoms with Crippen LogP contribution in [0.25, 0.3) is 0 Å². The van der Waals surface area contributed by atoms with Crippen LogP contribution in [0.3, 0.4) is 0 Å². The number of esters is 1. The summed E-state index contributed by atoms with van der Waals surface area (Å²) in [6.07, 6.45) is 0. The van der Waals surface area contributed by atoms with Crippen molar-refractivity contribution >= 4 is 46.9 Å². The molecule has 1 heterocycles. The average molecular weight is 166 g/mol. The summed E-state index contributed by atoms with van der Waals surface area (Å²) in [7, 11) is 0. The van der Waals surface area contributed by atoms with Gasteiger partial charge in [0, 0.05) is 6.92 Å². The summed E-state index contributed by atoms with van der Waals surface area (Å²) < 4.78 is 4.73. The van der Waals surface area contributed by atoms with Crippen molar-refractivity contribution in [1.82, 2.24) is 0 Å². The van der Waals surface area contributed by atoms with Gasteiger partial charge in [-0.15, -0.1) is 11.3 Å². The first-order valence-corrected chi connectivity index (χ1v) is 3.39. The third kappa shape index (κ3) is 3.37. The van der Waals surface area contributed by atoms with Crippen molar-refractivity contribution in [2.75, 3.05) is 0 Å². The summed E-state index contributed by atoms with van der Waals surface area (Å²) in [5.74, 6) is -0.266. The van der Waals surface area contributed by atoms with E-state index in [0.717, 1.165) is 0 Å². The van der Waals surface area contributed by atoms with Crippen LogP contribution in [0.15, 0.2) is 17.5 Å². The summed E-state index contributed by atoms with van der Waals surface area (Å²) in [5, 5.41) is 2.51. The van der Waals surface area contributed by atoms with Gasteiger partial charge in [0.1, 0.15) is 0 Å². The maximum absolute atomic E-state index is 10.3. The third-order valence-electron chi connectivity index (χ3n) is 0.739. The van der Waals surface area contributed by atoms with Gasteiger partial charge in [-0.3, -0.25) is 4.79 Å². The Morgan fingerprint density at radius 2 is 2.40 bits per heavy atom. The SMILES string of the molecule is CC(=O)Oc1cccs1.[NaH]. The summed E-state index contributed by atoms with van der Waals surface area (Å²) in [6.45, 7) is 1.39. The fourth-order valence-electron chi connectivity index (χ4n) is 0.463. The number of hydrogen-bond donors (Lipinski definition) is 0. The Balaban J connectivity index is 0.000000810. The summed E-state index contributed by atoms with van der Waals surface area (Å²) in [4.78, 5) is 10.3. The van der Waals surface area contributed by atoms with Crippen molar-refractivity contribution < 1.29 is 9.53 Å². The van der Waals surface area contributed by atoms with Crippen molar-refractivity contribution in [2.45, 2.75) is 6.92 Å². The van der Waals surface area contributed by atoms with E-state index in [1.807, 2.05) is 11.4 Å². The molecule has 0 spiro atoms. The number of carbonyl (C=O) groups excluding carboxylic acids is 1. The molecule has 0 aromatic carbocycles. The molecule has 2 nitrogen and oxygen atoms in total. The molecule has 0 saturated carbocycles. The Morgan fingerprint density at radius 1 is 1.70 bits per heavy atom. The number of carbonyl (C=O) groups is 1. The molecule has 0 N–H and O–H groups in total. The number of hydrogen-bond acceptors (Lipinski definition) is 3. The van der Waals surface area contributed by atoms with Crippen LogP contribution in [0, 0.1) is 0 Å². The van der Waals surface area contributed by atoms with Gasteiger partial charge in [-0.25, -0.2) is 0 Å². The van der Waals surface area contributed by atoms with E-state index in [0.29, 0.717) is 5.06 Å². The van der Waals surface area contributed by atoms with Crippen molar-refractivity contribution in [1.29, 1.82) is 0 Å². The normalized spacial score (nSPS) is 8.10. The van der Waals surface area contributed by atoms with Crippen LogP contribution < -0.4 is 4.74 Å². The minimum atomic E-state index is -0.266. The number of ether oxygens (including phenoxy) is 1. The van der Waals surface area contributed by atoms with Gasteiger partial charge in [-0.05, 0) is 17.5 Å². The molecular formula is C6H7NaO2S. The maximum atomic E-state index is 10.3. The molecule has 10 heavy (non-hydrogen) atoms. The van der Waals surface area contributed by atoms with Gasteiger partial charge in [0.15, 0.2) is 5.06 Å². The van der Waals surface area contributed by atoms with E-state index in [1.165, 1.54) is 18.3 Å². The molecule has 0 saturated heterocycles. The van der Waals surface area contributed by atoms with Crippen molar-refractivity contribution in [3.05, 3.63) is 17.5 Å². The zero-order valence-corrected chi connectivity index (χ0v) is 5.77. The molecule has 0 aliphatic carbocycles. The van der Waals surface area contributed by atoms with E-state index in [2.05, 4.69) is 0 Å². The first kappa shape index (κ1) is 10.2. The van der Waals surface area contributed by atoms with Gasteiger partial charge in [0.25, 0.3) is 0 Å². The molecule has 0 bridgehead atoms. The predicted octanol–water partition coefficient (Wildman–Crippen LogP) is 1.02. The van der Waals surface area contributed by atoms with Crippen LogP contribution >= 0.6 is 11.3 Å². The second-order valence-corrected chi connectivity index (χ2v) is 2.44. The van der Waals surface area contributed by atoms with Crippen molar-refractivity contribution in [2.24, 2.45) is 0 Å². The second-order valence-electron chi connectivity index (χ2n) is 1.53. The predicted molar refractivity (Wildman–Crippen MR) is 42.8 cm³/mol. The molecule has 0 amide bonds. The first-order valence-electron chi connectivity index (χ1n) is 2.51. The molecule has 4 heteroatoms. The molecule has 1 aromatic rings. The van der Waals surface area contributed by atoms with Crippen LogP contribution in [-0.4, -0.2) is 35.5 Å². The van der Waals surface area contributed by atoms with Gasteiger partial charge >= 0.3 is 35.5 Å². The van der Waals surface area contributed by atoms with Gasteiger partial charge in [-0.2, -0.15) is 0 Å². The van der Waals surface area contributed by atoms with Crippen LogP contribution in [-0.2, 0) is 4.79 Å². The third-order valence-corrected chi connectivity index (χ3v) is 1.48. The van der Waals surface area contributed by atoms with Gasteiger partial charge in [0.05, 0.1) is 0 Å². The van der Waals surface area contributed by atoms with Crippen LogP contribution in [0.1, 0.15) is 6.92 Å². The number of thiophene rings is 1. The van der Waals surface area contributed by atoms with E-state index in [-0.39, 0.29) is 35.5 Å². The Bertz CT molecular complexity index is 196. The van der Waals surface area contributed by atoms with Crippen molar-refractivity contribution in [3.8, 4) is 5.06 Å². The summed E-state index contributed by atoms with van der Waals surface area (Å²) in [5.41, 5.74) is 0. The van der Waals surface area contributed by atoms with Crippen LogP contribution in [0.2, 0.25) is 0 Å². The molecule has 0 fully saturated rings. The standard InChI is InChI=1S/C6H6O2S.Na.H/c1-5(7)8-6-3-2-4-9-6;;/h2-4H,1H3;;. The van der Waals surface area contributed by atoms with Gasteiger partial charge < -0.3 is 4.74 Å². The monoisotopic (exact) mass is 166 g/mol. The van der Waals surface area contributed by atoms with E-state index in [4.69, 9.17) is 4.74 Å². The van der Waals surface area contributed by atoms with E-state index in [9.17, 15) is 4.79 Å². The quantitative estimate of drug-likeness (QED) is 0.460. The van der Waals surface area contributed by atoms with Gasteiger partial charge in [-0.1, -0.05) is 0 Å². The number of rotatable bonds is 1. The Morgan fingerprint density at radius 3 is 2.80 bits per heavy atom. The molecule has 0 atom stereocenters. The molecule has 1 aromatic heterocycles. The average Bonchev–Trinajstić information content (AvgIpc) is 2.15. The van der Waals surface area contributed by atoms with Crippen LogP contribution in [0.4, 0.5) is 0 Å². The second kappa shape index (κ2) is 4.91. The summed E-state index contributed by atoms with van der Waals surface area (Å²) in [6, 6.07) is 3.59. The van der Waals surface area contributed by atoms with Crippen LogP contribution in [0.5, 0.6) is 5.06 Å². The van der Waals surface area contributed by atoms with Crippen molar-refractivity contribution in [3.63, 3.8) is 0 Å². The molecular weight excluding hydrogens is 159 g/mol. The molecule has 0 unspecified atom stereocenters. The first-order chi connectivity index (χ1) is 4.29. The minimum absolute atomic E-state index is 0.